The molecule has 8 nitrogen and oxygen atoms in total. The number of amides is 1. The zero-order chi connectivity index (χ0) is 27.2. The number of benzene rings is 1. The Labute approximate surface area is 220 Å². The number of hydrogen-bond acceptors (Lipinski definition) is 4. The van der Waals surface area contributed by atoms with Crippen molar-refractivity contribution in [2.75, 3.05) is 11.6 Å². The zero-order valence-electron chi connectivity index (χ0n) is 20.6. The average molecular weight is 550 g/mol. The summed E-state index contributed by atoms with van der Waals surface area (Å²) in [4.78, 5) is 18.2. The number of imidazole rings is 1. The quantitative estimate of drug-likeness (QED) is 0.274. The molecule has 0 aliphatic carbocycles. The first-order valence-corrected chi connectivity index (χ1v) is 12.4. The highest BCUT2D eigenvalue weighted by Crippen LogP contribution is 2.35. The minimum Gasteiger partial charge on any atom is -0.328 e. The Morgan fingerprint density at radius 3 is 2.55 bits per heavy atom. The molecule has 1 aromatic carbocycles. The van der Waals surface area contributed by atoms with Gasteiger partial charge in [-0.3, -0.25) is 14.4 Å². The van der Waals surface area contributed by atoms with Gasteiger partial charge < -0.3 is 4.57 Å². The van der Waals surface area contributed by atoms with Crippen molar-refractivity contribution in [1.82, 2.24) is 29.1 Å². The summed E-state index contributed by atoms with van der Waals surface area (Å²) < 4.78 is 57.1. The number of rotatable bonds is 7. The van der Waals surface area contributed by atoms with Gasteiger partial charge in [-0.15, -0.1) is 0 Å². The number of fused-ring (bicyclic) bond motifs is 1. The molecule has 0 unspecified atom stereocenters. The van der Waals surface area contributed by atoms with Crippen LogP contribution < -0.4 is 4.90 Å². The largest absolute Gasteiger partial charge is 0.434 e. The Balaban J connectivity index is 1.43. The van der Waals surface area contributed by atoms with Crippen LogP contribution in [0.15, 0.2) is 42.7 Å². The van der Waals surface area contributed by atoms with E-state index in [1.165, 1.54) is 0 Å². The van der Waals surface area contributed by atoms with E-state index in [0.29, 0.717) is 34.3 Å². The summed E-state index contributed by atoms with van der Waals surface area (Å²) in [6.07, 6.45) is -1.99. The minimum absolute atomic E-state index is 0.0249. The lowest BCUT2D eigenvalue weighted by atomic mass is 10.1. The van der Waals surface area contributed by atoms with Gasteiger partial charge in [0.1, 0.15) is 29.7 Å². The van der Waals surface area contributed by atoms with Crippen molar-refractivity contribution >= 4 is 23.3 Å². The van der Waals surface area contributed by atoms with Gasteiger partial charge in [-0.2, -0.15) is 23.4 Å². The van der Waals surface area contributed by atoms with Crippen molar-refractivity contribution in [3.63, 3.8) is 0 Å². The van der Waals surface area contributed by atoms with Crippen molar-refractivity contribution in [1.29, 1.82) is 0 Å². The maximum atomic E-state index is 13.2. The number of carbonyl (C=O) groups is 1. The first-order chi connectivity index (χ1) is 18.1. The number of anilines is 1. The predicted molar refractivity (Wildman–Crippen MR) is 133 cm³/mol. The van der Waals surface area contributed by atoms with Gasteiger partial charge in [-0.25, -0.2) is 14.1 Å². The van der Waals surface area contributed by atoms with Crippen LogP contribution in [0, 0.1) is 0 Å². The fourth-order valence-electron chi connectivity index (χ4n) is 4.50. The zero-order valence-corrected chi connectivity index (χ0v) is 21.3. The maximum Gasteiger partial charge on any atom is 0.434 e. The second-order valence-electron chi connectivity index (χ2n) is 9.25. The summed E-state index contributed by atoms with van der Waals surface area (Å²) in [6.45, 7) is 3.56. The van der Waals surface area contributed by atoms with E-state index in [1.807, 2.05) is 13.8 Å². The summed E-state index contributed by atoms with van der Waals surface area (Å²) in [7, 11) is 0. The fraction of sp³-hybridized carbons (Fsp3) is 0.360. The van der Waals surface area contributed by atoms with Crippen LogP contribution in [0.3, 0.4) is 0 Å². The third kappa shape index (κ3) is 4.80. The molecule has 0 fully saturated rings. The topological polar surface area (TPSA) is 73.8 Å². The van der Waals surface area contributed by atoms with Gasteiger partial charge in [0.2, 0.25) is 5.91 Å². The standard InChI is InChI=1S/C25H24ClF4N7O/c1-15(2)37-23(18(26)12-31-37)19-11-21-35(22(38)7-9-36(21)33-19)13-16-3-5-17(6-4-16)24-32-20(25(28,29)30)14-34(24)10-8-27/h3-6,11-12,14-15H,7-10,13H2,1-2H3. The van der Waals surface area contributed by atoms with Crippen molar-refractivity contribution < 1.29 is 22.4 Å². The van der Waals surface area contributed by atoms with Crippen molar-refractivity contribution in [3.8, 4) is 22.8 Å². The molecule has 4 heterocycles. The van der Waals surface area contributed by atoms with Crippen LogP contribution in [-0.4, -0.2) is 41.7 Å². The second kappa shape index (κ2) is 9.90. The molecule has 200 valence electrons. The average Bonchev–Trinajstić information content (AvgIpc) is 3.58. The van der Waals surface area contributed by atoms with E-state index in [1.54, 1.807) is 50.8 Å². The molecule has 0 N–H and O–H groups in total. The molecule has 1 amide bonds. The predicted octanol–water partition coefficient (Wildman–Crippen LogP) is 5.77. The number of carbonyl (C=O) groups excluding carboxylic acids is 1. The van der Waals surface area contributed by atoms with Gasteiger partial charge in [0.15, 0.2) is 5.69 Å². The summed E-state index contributed by atoms with van der Waals surface area (Å²) in [6, 6.07) is 8.52. The lowest BCUT2D eigenvalue weighted by Crippen LogP contribution is -2.36. The first-order valence-electron chi connectivity index (χ1n) is 12.0. The third-order valence-corrected chi connectivity index (χ3v) is 6.58. The summed E-state index contributed by atoms with van der Waals surface area (Å²) in [5, 5.41) is 9.46. The molecule has 0 radical (unpaired) electrons. The van der Waals surface area contributed by atoms with E-state index in [2.05, 4.69) is 15.2 Å². The molecule has 38 heavy (non-hydrogen) atoms. The molecule has 0 bridgehead atoms. The first kappa shape index (κ1) is 26.0. The van der Waals surface area contributed by atoms with Crippen molar-refractivity contribution in [2.45, 2.75) is 52.1 Å². The Hall–Kier alpha value is -3.67. The smallest absolute Gasteiger partial charge is 0.328 e. The van der Waals surface area contributed by atoms with Crippen LogP contribution >= 0.6 is 11.6 Å². The third-order valence-electron chi connectivity index (χ3n) is 6.30. The Morgan fingerprint density at radius 1 is 1.16 bits per heavy atom. The molecular formula is C25H24ClF4N7O. The van der Waals surface area contributed by atoms with Crippen LogP contribution in [0.1, 0.15) is 37.6 Å². The van der Waals surface area contributed by atoms with Gasteiger partial charge in [-0.1, -0.05) is 35.9 Å². The van der Waals surface area contributed by atoms with E-state index in [9.17, 15) is 22.4 Å². The summed E-state index contributed by atoms with van der Waals surface area (Å²) in [5.74, 6) is 0.558. The lowest BCUT2D eigenvalue weighted by Gasteiger charge is -2.27. The highest BCUT2D eigenvalue weighted by atomic mass is 35.5. The highest BCUT2D eigenvalue weighted by molar-refractivity contribution is 6.33. The second-order valence-corrected chi connectivity index (χ2v) is 9.65. The molecule has 0 saturated heterocycles. The molecule has 1 aliphatic heterocycles. The van der Waals surface area contributed by atoms with Crippen LogP contribution in [-0.2, 0) is 30.6 Å². The van der Waals surface area contributed by atoms with Crippen LogP contribution in [0.5, 0.6) is 0 Å². The van der Waals surface area contributed by atoms with E-state index >= 15 is 0 Å². The molecule has 0 atom stereocenters. The van der Waals surface area contributed by atoms with Gasteiger partial charge in [0.25, 0.3) is 0 Å². The van der Waals surface area contributed by atoms with Crippen LogP contribution in [0.25, 0.3) is 22.8 Å². The number of hydrogen-bond donors (Lipinski definition) is 0. The highest BCUT2D eigenvalue weighted by Gasteiger charge is 2.35. The number of alkyl halides is 4. The van der Waals surface area contributed by atoms with Crippen molar-refractivity contribution in [3.05, 3.63) is 59.0 Å². The maximum absolute atomic E-state index is 13.2. The molecule has 1 aliphatic rings. The number of nitrogens with zero attached hydrogens (tertiary/aromatic N) is 7. The normalized spacial score (nSPS) is 14.0. The van der Waals surface area contributed by atoms with E-state index in [0.717, 1.165) is 16.3 Å². The van der Waals surface area contributed by atoms with Crippen LogP contribution in [0.2, 0.25) is 5.02 Å². The molecule has 4 aromatic rings. The summed E-state index contributed by atoms with van der Waals surface area (Å²) >= 11 is 6.40. The van der Waals surface area contributed by atoms with Crippen LogP contribution in [0.4, 0.5) is 23.4 Å². The Kier molecular flexibility index (Phi) is 6.76. The van der Waals surface area contributed by atoms with E-state index in [4.69, 9.17) is 11.6 Å². The molecule has 0 saturated carbocycles. The molecular weight excluding hydrogens is 526 g/mol. The van der Waals surface area contributed by atoms with Gasteiger partial charge in [0.05, 0.1) is 30.9 Å². The van der Waals surface area contributed by atoms with E-state index < -0.39 is 18.5 Å². The number of halogens is 5. The van der Waals surface area contributed by atoms with Gasteiger partial charge in [0, 0.05) is 30.3 Å². The fourth-order valence-corrected chi connectivity index (χ4v) is 4.72. The SMILES string of the molecule is CC(C)n1ncc(Cl)c1-c1cc2n(n1)CCC(=O)N2Cc1ccc(-c2nc(C(F)(F)F)cn2CCF)cc1. The molecule has 3 aromatic heterocycles. The molecule has 13 heteroatoms. The monoisotopic (exact) mass is 549 g/mol. The van der Waals surface area contributed by atoms with E-state index in [-0.39, 0.29) is 37.3 Å². The number of aromatic nitrogens is 6. The Bertz CT molecular complexity index is 1470. The lowest BCUT2D eigenvalue weighted by molar-refractivity contribution is -0.140. The number of aryl methyl sites for hydroxylation is 2. The molecule has 5 rings (SSSR count). The Morgan fingerprint density at radius 2 is 1.89 bits per heavy atom. The van der Waals surface area contributed by atoms with Gasteiger partial charge >= 0.3 is 6.18 Å². The van der Waals surface area contributed by atoms with Crippen molar-refractivity contribution in [2.24, 2.45) is 0 Å². The summed E-state index contributed by atoms with van der Waals surface area (Å²) in [5.41, 5.74) is 1.36. The van der Waals surface area contributed by atoms with Gasteiger partial charge in [-0.05, 0) is 19.4 Å². The minimum atomic E-state index is -4.64. The molecule has 0 spiro atoms.